The number of methoxy groups -OCH3 is 1. The number of halogens is 1. The summed E-state index contributed by atoms with van der Waals surface area (Å²) >= 11 is 0. The maximum Gasteiger partial charge on any atom is 0.409 e. The first-order chi connectivity index (χ1) is 10.7. The number of nitrogens with one attached hydrogen (secondary N) is 1. The average Bonchev–Trinajstić information content (AvgIpc) is 2.55. The van der Waals surface area contributed by atoms with Crippen molar-refractivity contribution in [2.24, 2.45) is 4.99 Å². The highest BCUT2D eigenvalue weighted by Crippen LogP contribution is 2.04. The van der Waals surface area contributed by atoms with Gasteiger partial charge in [-0.15, -0.1) is 24.0 Å². The van der Waals surface area contributed by atoms with Crippen LogP contribution in [0.2, 0.25) is 0 Å². The van der Waals surface area contributed by atoms with Gasteiger partial charge in [0.15, 0.2) is 5.96 Å². The van der Waals surface area contributed by atoms with Gasteiger partial charge in [-0.1, -0.05) is 0 Å². The van der Waals surface area contributed by atoms with E-state index in [4.69, 9.17) is 9.47 Å². The van der Waals surface area contributed by atoms with Crippen LogP contribution in [0.1, 0.15) is 26.2 Å². The maximum absolute atomic E-state index is 11.7. The Kier molecular flexibility index (Phi) is 13.2. The van der Waals surface area contributed by atoms with Crippen molar-refractivity contribution in [2.45, 2.75) is 26.2 Å². The molecule has 1 amide bonds. The highest BCUT2D eigenvalue weighted by molar-refractivity contribution is 14.0. The predicted molar refractivity (Wildman–Crippen MR) is 103 cm³/mol. The summed E-state index contributed by atoms with van der Waals surface area (Å²) in [6.45, 7) is 6.89. The molecule has 1 saturated heterocycles. The number of carbonyl (C=O) groups is 1. The van der Waals surface area contributed by atoms with Gasteiger partial charge in [-0.05, 0) is 26.2 Å². The molecule has 0 atom stereocenters. The SMILES string of the molecule is CCOC(=O)N1CCN(C(=NC)NCCCCCOC)CC1.I. The Bertz CT molecular complexity index is 348. The second kappa shape index (κ2) is 13.6. The van der Waals surface area contributed by atoms with Crippen LogP contribution in [-0.2, 0) is 9.47 Å². The summed E-state index contributed by atoms with van der Waals surface area (Å²) in [7, 11) is 3.53. The summed E-state index contributed by atoms with van der Waals surface area (Å²) in [4.78, 5) is 19.9. The highest BCUT2D eigenvalue weighted by atomic mass is 127. The summed E-state index contributed by atoms with van der Waals surface area (Å²) in [5, 5.41) is 3.39. The molecule has 7 nitrogen and oxygen atoms in total. The average molecular weight is 442 g/mol. The van der Waals surface area contributed by atoms with Gasteiger partial charge in [0.2, 0.25) is 0 Å². The molecule has 0 aromatic carbocycles. The Balaban J connectivity index is 0.00000484. The number of unbranched alkanes of at least 4 members (excludes halogenated alkanes) is 2. The van der Waals surface area contributed by atoms with Gasteiger partial charge in [0.1, 0.15) is 0 Å². The third-order valence-electron chi connectivity index (χ3n) is 3.63. The molecule has 0 radical (unpaired) electrons. The van der Waals surface area contributed by atoms with Crippen LogP contribution < -0.4 is 5.32 Å². The van der Waals surface area contributed by atoms with E-state index >= 15 is 0 Å². The molecule has 1 heterocycles. The second-order valence-corrected chi connectivity index (χ2v) is 5.20. The Hall–Kier alpha value is -0.770. The Labute approximate surface area is 156 Å². The van der Waals surface area contributed by atoms with E-state index in [1.165, 1.54) is 0 Å². The number of ether oxygens (including phenoxy) is 2. The molecule has 1 rings (SSSR count). The Morgan fingerprint density at radius 1 is 1.13 bits per heavy atom. The minimum atomic E-state index is -0.219. The molecule has 1 aliphatic rings. The van der Waals surface area contributed by atoms with Crippen LogP contribution in [0, 0.1) is 0 Å². The van der Waals surface area contributed by atoms with Gasteiger partial charge in [-0.25, -0.2) is 4.79 Å². The van der Waals surface area contributed by atoms with E-state index in [0.29, 0.717) is 19.7 Å². The predicted octanol–water partition coefficient (Wildman–Crippen LogP) is 1.77. The number of rotatable bonds is 7. The molecular weight excluding hydrogens is 411 g/mol. The minimum absolute atomic E-state index is 0. The molecule has 1 aliphatic heterocycles. The van der Waals surface area contributed by atoms with Crippen LogP contribution in [0.4, 0.5) is 4.79 Å². The van der Waals surface area contributed by atoms with Crippen molar-refractivity contribution in [3.63, 3.8) is 0 Å². The van der Waals surface area contributed by atoms with Gasteiger partial charge in [0, 0.05) is 53.5 Å². The van der Waals surface area contributed by atoms with Crippen LogP contribution in [0.15, 0.2) is 4.99 Å². The van der Waals surface area contributed by atoms with E-state index in [1.807, 2.05) is 6.92 Å². The van der Waals surface area contributed by atoms with E-state index in [0.717, 1.165) is 51.5 Å². The lowest BCUT2D eigenvalue weighted by Crippen LogP contribution is -2.54. The molecule has 1 N–H and O–H groups in total. The quantitative estimate of drug-likeness (QED) is 0.282. The van der Waals surface area contributed by atoms with Crippen molar-refractivity contribution in [2.75, 3.05) is 60.1 Å². The standard InChI is InChI=1S/C15H30N4O3.HI/c1-4-22-15(20)19-11-9-18(10-12-19)14(16-2)17-8-6-5-7-13-21-3;/h4-13H2,1-3H3,(H,16,17);1H. The molecule has 23 heavy (non-hydrogen) atoms. The highest BCUT2D eigenvalue weighted by Gasteiger charge is 2.23. The van der Waals surface area contributed by atoms with Gasteiger partial charge in [-0.2, -0.15) is 0 Å². The van der Waals surface area contributed by atoms with E-state index in [1.54, 1.807) is 19.1 Å². The minimum Gasteiger partial charge on any atom is -0.450 e. The number of carbonyl (C=O) groups excluding carboxylic acids is 1. The van der Waals surface area contributed by atoms with E-state index < -0.39 is 0 Å². The number of guanidine groups is 1. The third-order valence-corrected chi connectivity index (χ3v) is 3.63. The summed E-state index contributed by atoms with van der Waals surface area (Å²) in [5.41, 5.74) is 0. The number of hydrogen-bond donors (Lipinski definition) is 1. The number of piperazine rings is 1. The van der Waals surface area contributed by atoms with Gasteiger partial charge in [0.05, 0.1) is 6.61 Å². The second-order valence-electron chi connectivity index (χ2n) is 5.20. The van der Waals surface area contributed by atoms with Gasteiger partial charge in [-0.3, -0.25) is 4.99 Å². The summed E-state index contributed by atoms with van der Waals surface area (Å²) in [6, 6.07) is 0. The zero-order valence-corrected chi connectivity index (χ0v) is 16.9. The molecule has 0 aromatic heterocycles. The fraction of sp³-hybridized carbons (Fsp3) is 0.867. The molecule has 0 spiro atoms. The van der Waals surface area contributed by atoms with Crippen molar-refractivity contribution < 1.29 is 14.3 Å². The first-order valence-electron chi connectivity index (χ1n) is 8.09. The lowest BCUT2D eigenvalue weighted by atomic mass is 10.2. The third kappa shape index (κ3) is 8.59. The molecule has 0 aromatic rings. The van der Waals surface area contributed by atoms with Crippen molar-refractivity contribution in [3.05, 3.63) is 0 Å². The lowest BCUT2D eigenvalue weighted by Gasteiger charge is -2.35. The van der Waals surface area contributed by atoms with E-state index in [2.05, 4.69) is 15.2 Å². The molecule has 0 unspecified atom stereocenters. The van der Waals surface area contributed by atoms with Gasteiger partial charge in [0.25, 0.3) is 0 Å². The van der Waals surface area contributed by atoms with Crippen LogP contribution >= 0.6 is 24.0 Å². The molecular formula is C15H31IN4O3. The van der Waals surface area contributed by atoms with E-state index in [9.17, 15) is 4.79 Å². The van der Waals surface area contributed by atoms with E-state index in [-0.39, 0.29) is 30.1 Å². The normalized spacial score (nSPS) is 15.2. The fourth-order valence-corrected chi connectivity index (χ4v) is 2.40. The maximum atomic E-state index is 11.7. The molecule has 1 fully saturated rings. The monoisotopic (exact) mass is 442 g/mol. The molecule has 8 heteroatoms. The zero-order valence-electron chi connectivity index (χ0n) is 14.5. The van der Waals surface area contributed by atoms with Gasteiger partial charge < -0.3 is 24.6 Å². The Morgan fingerprint density at radius 3 is 2.35 bits per heavy atom. The van der Waals surface area contributed by atoms with Gasteiger partial charge >= 0.3 is 6.09 Å². The van der Waals surface area contributed by atoms with Crippen molar-refractivity contribution in [1.29, 1.82) is 0 Å². The van der Waals surface area contributed by atoms with Crippen LogP contribution in [0.5, 0.6) is 0 Å². The number of nitrogens with zero attached hydrogens (tertiary/aromatic N) is 3. The van der Waals surface area contributed by atoms with Crippen LogP contribution in [0.25, 0.3) is 0 Å². The Morgan fingerprint density at radius 2 is 1.78 bits per heavy atom. The zero-order chi connectivity index (χ0) is 16.2. The summed E-state index contributed by atoms with van der Waals surface area (Å²) in [5.74, 6) is 0.912. The van der Waals surface area contributed by atoms with Crippen molar-refractivity contribution >= 4 is 36.0 Å². The molecule has 0 aliphatic carbocycles. The summed E-state index contributed by atoms with van der Waals surface area (Å²) < 4.78 is 10.1. The topological polar surface area (TPSA) is 66.4 Å². The van der Waals surface area contributed by atoms with Crippen LogP contribution in [0.3, 0.4) is 0 Å². The summed E-state index contributed by atoms with van der Waals surface area (Å²) in [6.07, 6.45) is 3.12. The number of aliphatic imine (C=N–C) groups is 1. The largest absolute Gasteiger partial charge is 0.450 e. The first kappa shape index (κ1) is 22.2. The van der Waals surface area contributed by atoms with Crippen molar-refractivity contribution in [3.8, 4) is 0 Å². The molecule has 0 bridgehead atoms. The van der Waals surface area contributed by atoms with Crippen LogP contribution in [-0.4, -0.2) is 81.9 Å². The van der Waals surface area contributed by atoms with Crippen molar-refractivity contribution in [1.82, 2.24) is 15.1 Å². The first-order valence-corrected chi connectivity index (χ1v) is 8.09. The smallest absolute Gasteiger partial charge is 0.409 e. The lowest BCUT2D eigenvalue weighted by molar-refractivity contribution is 0.0914. The molecule has 136 valence electrons. The number of amides is 1. The number of hydrogen-bond acceptors (Lipinski definition) is 4. The fourth-order valence-electron chi connectivity index (χ4n) is 2.40. The molecule has 0 saturated carbocycles.